The maximum absolute atomic E-state index is 6.07. The third kappa shape index (κ3) is 2.33. The quantitative estimate of drug-likeness (QED) is 0.921. The first-order valence-corrected chi connectivity index (χ1v) is 9.05. The van der Waals surface area contributed by atoms with Crippen molar-refractivity contribution >= 4 is 50.9 Å². The number of aryl methyl sites for hydroxylation is 1. The number of nitrogen functional groups attached to an aromatic ring is 1. The number of thioether (sulfide) groups is 2. The molecule has 0 aliphatic carbocycles. The lowest BCUT2D eigenvalue weighted by Crippen LogP contribution is -2.11. The molecule has 3 nitrogen and oxygen atoms in total. The molecule has 18 heavy (non-hydrogen) atoms. The van der Waals surface area contributed by atoms with Crippen LogP contribution in [0, 0.1) is 0 Å². The van der Waals surface area contributed by atoms with Crippen LogP contribution in [-0.2, 0) is 6.42 Å². The number of hydrogen-bond donors (Lipinski definition) is 1. The molecule has 3 heterocycles. The van der Waals surface area contributed by atoms with Crippen LogP contribution in [0.15, 0.2) is 6.07 Å². The van der Waals surface area contributed by atoms with Gasteiger partial charge in [0.2, 0.25) is 0 Å². The fraction of sp³-hybridized carbons (Fsp3) is 0.500. The molecule has 0 spiro atoms. The smallest absolute Gasteiger partial charge is 0.146 e. The summed E-state index contributed by atoms with van der Waals surface area (Å²) in [6.07, 6.45) is 1.03. The summed E-state index contributed by atoms with van der Waals surface area (Å²) >= 11 is 5.67. The fourth-order valence-corrected chi connectivity index (χ4v) is 5.55. The summed E-state index contributed by atoms with van der Waals surface area (Å²) in [5.74, 6) is 5.07. The van der Waals surface area contributed by atoms with Crippen molar-refractivity contribution in [2.45, 2.75) is 18.6 Å². The van der Waals surface area contributed by atoms with Crippen LogP contribution in [0.2, 0.25) is 0 Å². The van der Waals surface area contributed by atoms with Gasteiger partial charge in [-0.1, -0.05) is 6.92 Å². The highest BCUT2D eigenvalue weighted by Gasteiger charge is 2.21. The van der Waals surface area contributed by atoms with Gasteiger partial charge < -0.3 is 5.73 Å². The van der Waals surface area contributed by atoms with Crippen LogP contribution in [0.25, 0.3) is 10.2 Å². The minimum Gasteiger partial charge on any atom is -0.383 e. The maximum Gasteiger partial charge on any atom is 0.146 e. The predicted molar refractivity (Wildman–Crippen MR) is 83.7 cm³/mol. The minimum absolute atomic E-state index is 0.405. The molecule has 6 heteroatoms. The van der Waals surface area contributed by atoms with Crippen molar-refractivity contribution in [1.82, 2.24) is 9.97 Å². The molecule has 1 atom stereocenters. The van der Waals surface area contributed by atoms with E-state index < -0.39 is 0 Å². The number of fused-ring (bicyclic) bond motifs is 1. The van der Waals surface area contributed by atoms with E-state index in [1.807, 2.05) is 23.5 Å². The Balaban J connectivity index is 2.02. The first-order chi connectivity index (χ1) is 8.78. The number of nitrogens with two attached hydrogens (primary N) is 1. The summed E-state index contributed by atoms with van der Waals surface area (Å²) in [5.41, 5.74) is 6.07. The molecule has 96 valence electrons. The second-order valence-corrected chi connectivity index (χ2v) is 7.76. The number of rotatable bonds is 2. The summed E-state index contributed by atoms with van der Waals surface area (Å²) in [5, 5.41) is 1.43. The van der Waals surface area contributed by atoms with E-state index in [1.165, 1.54) is 16.4 Å². The topological polar surface area (TPSA) is 51.8 Å². The number of thiophene rings is 1. The van der Waals surface area contributed by atoms with Gasteiger partial charge in [0, 0.05) is 22.1 Å². The lowest BCUT2D eigenvalue weighted by Gasteiger charge is -2.19. The van der Waals surface area contributed by atoms with Crippen LogP contribution in [0.5, 0.6) is 0 Å². The molecule has 0 bridgehead atoms. The van der Waals surface area contributed by atoms with Gasteiger partial charge in [-0.25, -0.2) is 9.97 Å². The van der Waals surface area contributed by atoms with E-state index in [0.717, 1.165) is 28.2 Å². The molecule has 0 amide bonds. The van der Waals surface area contributed by atoms with Crippen molar-refractivity contribution in [3.05, 3.63) is 16.8 Å². The fourth-order valence-electron chi connectivity index (χ4n) is 1.97. The van der Waals surface area contributed by atoms with Crippen LogP contribution < -0.4 is 5.73 Å². The van der Waals surface area contributed by atoms with E-state index in [4.69, 9.17) is 10.7 Å². The molecule has 1 aliphatic rings. The Morgan fingerprint density at radius 2 is 2.28 bits per heavy atom. The Kier molecular flexibility index (Phi) is 3.68. The first kappa shape index (κ1) is 12.6. The van der Waals surface area contributed by atoms with Crippen molar-refractivity contribution in [3.8, 4) is 0 Å². The van der Waals surface area contributed by atoms with Crippen molar-refractivity contribution in [1.29, 1.82) is 0 Å². The van der Waals surface area contributed by atoms with Crippen molar-refractivity contribution < 1.29 is 0 Å². The largest absolute Gasteiger partial charge is 0.383 e. The lowest BCUT2D eigenvalue weighted by atomic mass is 10.3. The highest BCUT2D eigenvalue weighted by atomic mass is 32.2. The molecule has 1 fully saturated rings. The normalized spacial score (nSPS) is 20.4. The zero-order valence-electron chi connectivity index (χ0n) is 10.2. The van der Waals surface area contributed by atoms with Gasteiger partial charge >= 0.3 is 0 Å². The van der Waals surface area contributed by atoms with Crippen LogP contribution in [0.1, 0.15) is 22.9 Å². The highest BCUT2D eigenvalue weighted by Crippen LogP contribution is 2.37. The van der Waals surface area contributed by atoms with Crippen LogP contribution in [0.4, 0.5) is 5.82 Å². The SMILES string of the molecule is CCc1cc2c(N)nc(C3CSCCS3)nc2s1. The molecule has 1 unspecified atom stereocenters. The van der Waals surface area contributed by atoms with E-state index in [-0.39, 0.29) is 0 Å². The highest BCUT2D eigenvalue weighted by molar-refractivity contribution is 8.06. The van der Waals surface area contributed by atoms with E-state index in [0.29, 0.717) is 11.1 Å². The van der Waals surface area contributed by atoms with Crippen LogP contribution >= 0.6 is 34.9 Å². The molecule has 0 aromatic carbocycles. The Morgan fingerprint density at radius 3 is 3.00 bits per heavy atom. The van der Waals surface area contributed by atoms with E-state index in [2.05, 4.69) is 18.0 Å². The molecule has 0 radical (unpaired) electrons. The average molecular weight is 297 g/mol. The molecule has 3 rings (SSSR count). The molecule has 1 saturated heterocycles. The van der Waals surface area contributed by atoms with E-state index in [9.17, 15) is 0 Å². The predicted octanol–water partition coefficient (Wildman–Crippen LogP) is 3.36. The maximum atomic E-state index is 6.07. The summed E-state index contributed by atoms with van der Waals surface area (Å²) in [4.78, 5) is 11.6. The second-order valence-electron chi connectivity index (χ2n) is 4.19. The van der Waals surface area contributed by atoms with Gasteiger partial charge in [0.05, 0.1) is 10.6 Å². The molecular weight excluding hydrogens is 282 g/mol. The molecule has 0 saturated carbocycles. The molecule has 2 aromatic heterocycles. The molecule has 2 N–H and O–H groups in total. The number of hydrogen-bond acceptors (Lipinski definition) is 6. The van der Waals surface area contributed by atoms with E-state index >= 15 is 0 Å². The minimum atomic E-state index is 0.405. The average Bonchev–Trinajstić information content (AvgIpc) is 2.83. The third-order valence-corrected chi connectivity index (χ3v) is 6.87. The van der Waals surface area contributed by atoms with Gasteiger partial charge in [0.1, 0.15) is 16.5 Å². The third-order valence-electron chi connectivity index (χ3n) is 2.94. The van der Waals surface area contributed by atoms with Gasteiger partial charge in [-0.15, -0.1) is 23.1 Å². The lowest BCUT2D eigenvalue weighted by molar-refractivity contribution is 0.950. The first-order valence-electron chi connectivity index (χ1n) is 6.03. The second kappa shape index (κ2) is 5.27. The Morgan fingerprint density at radius 1 is 1.39 bits per heavy atom. The van der Waals surface area contributed by atoms with Crippen molar-refractivity contribution in [2.24, 2.45) is 0 Å². The van der Waals surface area contributed by atoms with Gasteiger partial charge in [-0.2, -0.15) is 11.8 Å². The molecular formula is C12H15N3S3. The standard InChI is InChI=1S/C12H15N3S3/c1-2-7-5-8-10(13)14-11(15-12(8)18-7)9-6-16-3-4-17-9/h5,9H,2-4,6H2,1H3,(H2,13,14,15). The van der Waals surface area contributed by atoms with E-state index in [1.54, 1.807) is 11.3 Å². The zero-order valence-corrected chi connectivity index (χ0v) is 12.6. The summed E-state index contributed by atoms with van der Waals surface area (Å²) in [6.45, 7) is 2.16. The van der Waals surface area contributed by atoms with Crippen molar-refractivity contribution in [3.63, 3.8) is 0 Å². The van der Waals surface area contributed by atoms with Gasteiger partial charge in [0.25, 0.3) is 0 Å². The van der Waals surface area contributed by atoms with Crippen LogP contribution in [-0.4, -0.2) is 27.2 Å². The summed E-state index contributed by atoms with van der Waals surface area (Å²) in [7, 11) is 0. The van der Waals surface area contributed by atoms with Crippen molar-refractivity contribution in [2.75, 3.05) is 23.0 Å². The Bertz CT molecular complexity index is 561. The van der Waals surface area contributed by atoms with Gasteiger partial charge in [-0.3, -0.25) is 0 Å². The van der Waals surface area contributed by atoms with Crippen LogP contribution in [0.3, 0.4) is 0 Å². The molecule has 1 aliphatic heterocycles. The summed E-state index contributed by atoms with van der Waals surface area (Å²) < 4.78 is 0. The summed E-state index contributed by atoms with van der Waals surface area (Å²) in [6, 6.07) is 2.13. The molecule has 2 aromatic rings. The van der Waals surface area contributed by atoms with Gasteiger partial charge in [0.15, 0.2) is 0 Å². The number of nitrogens with zero attached hydrogens (tertiary/aromatic N) is 2. The zero-order chi connectivity index (χ0) is 12.5. The Labute approximate surface area is 119 Å². The number of anilines is 1. The Hall–Kier alpha value is -0.460. The monoisotopic (exact) mass is 297 g/mol. The number of aromatic nitrogens is 2. The van der Waals surface area contributed by atoms with Gasteiger partial charge in [-0.05, 0) is 12.5 Å².